The van der Waals surface area contributed by atoms with Gasteiger partial charge in [-0.25, -0.2) is 9.37 Å². The van der Waals surface area contributed by atoms with Crippen LogP contribution >= 0.6 is 0 Å². The minimum absolute atomic E-state index is 0.00599. The molecule has 0 fully saturated rings. The van der Waals surface area contributed by atoms with Crippen LogP contribution in [0.2, 0.25) is 0 Å². The lowest BCUT2D eigenvalue weighted by Crippen LogP contribution is -2.12. The minimum atomic E-state index is -4.63. The van der Waals surface area contributed by atoms with Crippen LogP contribution in [0.15, 0.2) is 54.7 Å². The van der Waals surface area contributed by atoms with Gasteiger partial charge in [0, 0.05) is 17.6 Å². The monoisotopic (exact) mass is 362 g/mol. The zero-order chi connectivity index (χ0) is 18.7. The van der Waals surface area contributed by atoms with Gasteiger partial charge in [-0.2, -0.15) is 18.2 Å². The molecule has 0 atom stereocenters. The van der Waals surface area contributed by atoms with Gasteiger partial charge in [0.1, 0.15) is 17.2 Å². The van der Waals surface area contributed by atoms with Gasteiger partial charge in [-0.05, 0) is 43.3 Å². The smallest absolute Gasteiger partial charge is 0.340 e. The highest BCUT2D eigenvalue weighted by atomic mass is 19.4. The molecule has 134 valence electrons. The van der Waals surface area contributed by atoms with Gasteiger partial charge in [0.25, 0.3) is 0 Å². The molecule has 0 bridgehead atoms. The first-order valence-corrected chi connectivity index (χ1v) is 7.62. The van der Waals surface area contributed by atoms with Crippen LogP contribution in [0.1, 0.15) is 11.1 Å². The van der Waals surface area contributed by atoms with Crippen LogP contribution in [-0.4, -0.2) is 9.97 Å². The number of hydrogen-bond donors (Lipinski definition) is 2. The lowest BCUT2D eigenvalue weighted by molar-refractivity contribution is -0.137. The van der Waals surface area contributed by atoms with Crippen molar-refractivity contribution in [2.75, 3.05) is 10.6 Å². The quantitative estimate of drug-likeness (QED) is 0.608. The Balaban J connectivity index is 1.93. The van der Waals surface area contributed by atoms with E-state index in [-0.39, 0.29) is 11.6 Å². The highest BCUT2D eigenvalue weighted by molar-refractivity contribution is 5.62. The topological polar surface area (TPSA) is 49.8 Å². The number of benzene rings is 2. The molecule has 3 aromatic rings. The van der Waals surface area contributed by atoms with E-state index in [1.165, 1.54) is 12.1 Å². The van der Waals surface area contributed by atoms with Crippen LogP contribution in [0.25, 0.3) is 0 Å². The molecule has 0 spiro atoms. The third kappa shape index (κ3) is 4.27. The average molecular weight is 362 g/mol. The van der Waals surface area contributed by atoms with Crippen molar-refractivity contribution < 1.29 is 17.6 Å². The van der Waals surface area contributed by atoms with Crippen LogP contribution in [0.5, 0.6) is 0 Å². The summed E-state index contributed by atoms with van der Waals surface area (Å²) >= 11 is 0. The van der Waals surface area contributed by atoms with Gasteiger partial charge >= 0.3 is 6.18 Å². The zero-order valence-corrected chi connectivity index (χ0v) is 13.6. The SMILES string of the molecule is Cc1ccc(Nc2ncc(C(F)(F)F)c(Nc3ccc(F)cc3)n2)cc1. The van der Waals surface area contributed by atoms with Crippen LogP contribution in [0.4, 0.5) is 40.7 Å². The Labute approximate surface area is 146 Å². The zero-order valence-electron chi connectivity index (χ0n) is 13.6. The summed E-state index contributed by atoms with van der Waals surface area (Å²) in [6, 6.07) is 12.2. The van der Waals surface area contributed by atoms with Crippen molar-refractivity contribution in [3.05, 3.63) is 71.7 Å². The van der Waals surface area contributed by atoms with E-state index in [0.29, 0.717) is 11.9 Å². The molecular formula is C18H14F4N4. The van der Waals surface area contributed by atoms with E-state index in [9.17, 15) is 17.6 Å². The highest BCUT2D eigenvalue weighted by Crippen LogP contribution is 2.35. The molecule has 8 heteroatoms. The molecule has 3 rings (SSSR count). The summed E-state index contributed by atoms with van der Waals surface area (Å²) in [7, 11) is 0. The lowest BCUT2D eigenvalue weighted by Gasteiger charge is -2.15. The summed E-state index contributed by atoms with van der Waals surface area (Å²) in [4.78, 5) is 7.66. The van der Waals surface area contributed by atoms with E-state index in [0.717, 1.165) is 17.7 Å². The highest BCUT2D eigenvalue weighted by Gasteiger charge is 2.35. The van der Waals surface area contributed by atoms with Gasteiger partial charge in [-0.1, -0.05) is 17.7 Å². The van der Waals surface area contributed by atoms with Crippen molar-refractivity contribution in [1.29, 1.82) is 0 Å². The van der Waals surface area contributed by atoms with E-state index in [1.807, 2.05) is 19.1 Å². The van der Waals surface area contributed by atoms with Gasteiger partial charge in [0.2, 0.25) is 5.95 Å². The van der Waals surface area contributed by atoms with Crippen LogP contribution < -0.4 is 10.6 Å². The van der Waals surface area contributed by atoms with Crippen LogP contribution in [0.3, 0.4) is 0 Å². The Bertz CT molecular complexity index is 891. The predicted octanol–water partition coefficient (Wildman–Crippen LogP) is 5.43. The average Bonchev–Trinajstić information content (AvgIpc) is 2.58. The third-order valence-corrected chi connectivity index (χ3v) is 3.51. The number of aryl methyl sites for hydroxylation is 1. The molecule has 0 amide bonds. The maximum Gasteiger partial charge on any atom is 0.421 e. The summed E-state index contributed by atoms with van der Waals surface area (Å²) in [5.74, 6) is -0.906. The number of aromatic nitrogens is 2. The van der Waals surface area contributed by atoms with E-state index < -0.39 is 23.4 Å². The second kappa shape index (κ2) is 6.99. The molecule has 0 radical (unpaired) electrons. The first kappa shape index (κ1) is 17.7. The van der Waals surface area contributed by atoms with E-state index in [4.69, 9.17) is 0 Å². The Hall–Kier alpha value is -3.16. The first-order chi connectivity index (χ1) is 12.3. The normalized spacial score (nSPS) is 11.3. The van der Waals surface area contributed by atoms with E-state index >= 15 is 0 Å². The largest absolute Gasteiger partial charge is 0.421 e. The second-order valence-corrected chi connectivity index (χ2v) is 5.58. The van der Waals surface area contributed by atoms with Crippen molar-refractivity contribution in [2.45, 2.75) is 13.1 Å². The molecule has 0 saturated carbocycles. The van der Waals surface area contributed by atoms with Crippen molar-refractivity contribution in [3.8, 4) is 0 Å². The Kier molecular flexibility index (Phi) is 4.75. The number of rotatable bonds is 4. The number of hydrogen-bond acceptors (Lipinski definition) is 4. The number of nitrogens with one attached hydrogen (secondary N) is 2. The number of anilines is 4. The van der Waals surface area contributed by atoms with E-state index in [1.54, 1.807) is 12.1 Å². The Morgan fingerprint density at radius 3 is 2.04 bits per heavy atom. The molecule has 4 nitrogen and oxygen atoms in total. The Morgan fingerprint density at radius 2 is 1.42 bits per heavy atom. The molecule has 0 aliphatic rings. The summed E-state index contributed by atoms with van der Waals surface area (Å²) in [5.41, 5.74) is 0.943. The number of nitrogens with zero attached hydrogens (tertiary/aromatic N) is 2. The standard InChI is InChI=1S/C18H14F4N4/c1-11-2-6-14(7-3-11)25-17-23-10-15(18(20,21)22)16(26-17)24-13-8-4-12(19)5-9-13/h2-10H,1H3,(H2,23,24,25,26). The summed E-state index contributed by atoms with van der Waals surface area (Å²) in [6.07, 6.45) is -3.93. The Morgan fingerprint density at radius 1 is 0.846 bits per heavy atom. The molecule has 0 saturated heterocycles. The molecule has 2 N–H and O–H groups in total. The van der Waals surface area contributed by atoms with Crippen molar-refractivity contribution in [1.82, 2.24) is 9.97 Å². The predicted molar refractivity (Wildman–Crippen MR) is 91.2 cm³/mol. The lowest BCUT2D eigenvalue weighted by atomic mass is 10.2. The molecule has 0 aliphatic carbocycles. The molecular weight excluding hydrogens is 348 g/mol. The maximum absolute atomic E-state index is 13.2. The van der Waals surface area contributed by atoms with E-state index in [2.05, 4.69) is 20.6 Å². The van der Waals surface area contributed by atoms with Gasteiger partial charge in [-0.3, -0.25) is 0 Å². The fourth-order valence-corrected chi connectivity index (χ4v) is 2.18. The molecule has 1 aromatic heterocycles. The number of halogens is 4. The molecule has 0 unspecified atom stereocenters. The number of alkyl halides is 3. The van der Waals surface area contributed by atoms with Gasteiger partial charge in [0.15, 0.2) is 0 Å². The molecule has 0 aliphatic heterocycles. The fraction of sp³-hybridized carbons (Fsp3) is 0.111. The second-order valence-electron chi connectivity index (χ2n) is 5.58. The first-order valence-electron chi connectivity index (χ1n) is 7.62. The van der Waals surface area contributed by atoms with Gasteiger partial charge in [0.05, 0.1) is 0 Å². The molecule has 1 heterocycles. The van der Waals surface area contributed by atoms with Crippen LogP contribution in [-0.2, 0) is 6.18 Å². The van der Waals surface area contributed by atoms with Gasteiger partial charge < -0.3 is 10.6 Å². The minimum Gasteiger partial charge on any atom is -0.340 e. The van der Waals surface area contributed by atoms with Crippen molar-refractivity contribution in [3.63, 3.8) is 0 Å². The van der Waals surface area contributed by atoms with Crippen molar-refractivity contribution >= 4 is 23.1 Å². The van der Waals surface area contributed by atoms with Crippen molar-refractivity contribution in [2.24, 2.45) is 0 Å². The van der Waals surface area contributed by atoms with Crippen LogP contribution in [0, 0.1) is 12.7 Å². The fourth-order valence-electron chi connectivity index (χ4n) is 2.18. The maximum atomic E-state index is 13.2. The summed E-state index contributed by atoms with van der Waals surface area (Å²) < 4.78 is 52.6. The van der Waals surface area contributed by atoms with Gasteiger partial charge in [-0.15, -0.1) is 0 Å². The summed E-state index contributed by atoms with van der Waals surface area (Å²) in [5, 5.41) is 5.42. The third-order valence-electron chi connectivity index (χ3n) is 3.51. The summed E-state index contributed by atoms with van der Waals surface area (Å²) in [6.45, 7) is 1.92. The molecule has 26 heavy (non-hydrogen) atoms. The molecule has 2 aromatic carbocycles.